The van der Waals surface area contributed by atoms with Crippen molar-refractivity contribution in [1.82, 2.24) is 0 Å². The molecule has 2 rings (SSSR count). The number of benzene rings is 2. The van der Waals surface area contributed by atoms with Crippen molar-refractivity contribution in [2.24, 2.45) is 0 Å². The number of hydrogen-bond acceptors (Lipinski definition) is 2. The van der Waals surface area contributed by atoms with E-state index in [9.17, 15) is 4.79 Å². The first kappa shape index (κ1) is 14.2. The number of hydrogen-bond donors (Lipinski definition) is 1. The fourth-order valence-electron chi connectivity index (χ4n) is 1.65. The zero-order valence-electron chi connectivity index (χ0n) is 10.2. The third-order valence-corrected chi connectivity index (χ3v) is 4.46. The Kier molecular flexibility index (Phi) is 5.05. The number of halogens is 1. The first-order valence-corrected chi connectivity index (χ1v) is 7.75. The fourth-order valence-corrected chi connectivity index (χ4v) is 3.36. The van der Waals surface area contributed by atoms with Crippen LogP contribution in [0.5, 0.6) is 0 Å². The Morgan fingerprint density at radius 1 is 1.11 bits per heavy atom. The zero-order chi connectivity index (χ0) is 13.7. The van der Waals surface area contributed by atoms with E-state index < -0.39 is 5.97 Å². The smallest absolute Gasteiger partial charge is 0.335 e. The molecule has 0 aromatic heterocycles. The van der Waals surface area contributed by atoms with Gasteiger partial charge in [0, 0.05) is 16.0 Å². The van der Waals surface area contributed by atoms with Crippen LogP contribution in [0.15, 0.2) is 53.0 Å². The van der Waals surface area contributed by atoms with E-state index in [1.807, 2.05) is 36.0 Å². The fraction of sp³-hybridized carbons (Fsp3) is 0.133. The summed E-state index contributed by atoms with van der Waals surface area (Å²) in [5.41, 5.74) is 2.72. The average Bonchev–Trinajstić information content (AvgIpc) is 2.41. The van der Waals surface area contributed by atoms with E-state index in [1.54, 1.807) is 12.1 Å². The quantitative estimate of drug-likeness (QED) is 0.868. The van der Waals surface area contributed by atoms with Gasteiger partial charge >= 0.3 is 5.97 Å². The molecule has 0 aliphatic carbocycles. The van der Waals surface area contributed by atoms with Gasteiger partial charge in [-0.2, -0.15) is 11.8 Å². The van der Waals surface area contributed by atoms with Crippen LogP contribution in [-0.2, 0) is 11.5 Å². The van der Waals surface area contributed by atoms with Crippen LogP contribution < -0.4 is 0 Å². The normalized spacial score (nSPS) is 10.4. The summed E-state index contributed by atoms with van der Waals surface area (Å²) in [6, 6.07) is 15.5. The predicted octanol–water partition coefficient (Wildman–Crippen LogP) is 4.58. The lowest BCUT2D eigenvalue weighted by Crippen LogP contribution is -1.97. The Hall–Kier alpha value is -1.26. The molecule has 0 spiro atoms. The lowest BCUT2D eigenvalue weighted by atomic mass is 10.1. The van der Waals surface area contributed by atoms with Crippen LogP contribution in [0.2, 0.25) is 0 Å². The van der Waals surface area contributed by atoms with E-state index in [0.29, 0.717) is 5.56 Å². The number of carboxylic acids is 1. The Labute approximate surface area is 125 Å². The average molecular weight is 337 g/mol. The summed E-state index contributed by atoms with van der Waals surface area (Å²) in [7, 11) is 0. The van der Waals surface area contributed by atoms with Gasteiger partial charge in [0.2, 0.25) is 0 Å². The second kappa shape index (κ2) is 6.78. The van der Waals surface area contributed by atoms with Crippen molar-refractivity contribution in [3.05, 3.63) is 69.7 Å². The van der Waals surface area contributed by atoms with Gasteiger partial charge in [-0.05, 0) is 23.3 Å². The van der Waals surface area contributed by atoms with Gasteiger partial charge in [-0.15, -0.1) is 0 Å². The third-order valence-electron chi connectivity index (χ3n) is 2.67. The van der Waals surface area contributed by atoms with Gasteiger partial charge in [-0.3, -0.25) is 0 Å². The van der Waals surface area contributed by atoms with Crippen LogP contribution in [0, 0.1) is 0 Å². The summed E-state index contributed by atoms with van der Waals surface area (Å²) in [6.07, 6.45) is 0. The molecule has 19 heavy (non-hydrogen) atoms. The van der Waals surface area contributed by atoms with Crippen LogP contribution in [0.4, 0.5) is 0 Å². The molecule has 2 nitrogen and oxygen atoms in total. The van der Waals surface area contributed by atoms with Crippen molar-refractivity contribution in [2.75, 3.05) is 0 Å². The van der Waals surface area contributed by atoms with E-state index in [2.05, 4.69) is 28.1 Å². The number of thioether (sulfide) groups is 1. The largest absolute Gasteiger partial charge is 0.478 e. The zero-order valence-corrected chi connectivity index (χ0v) is 12.6. The minimum absolute atomic E-state index is 0.309. The van der Waals surface area contributed by atoms with E-state index in [1.165, 1.54) is 5.56 Å². The first-order chi connectivity index (χ1) is 9.16. The molecule has 2 aromatic carbocycles. The van der Waals surface area contributed by atoms with Gasteiger partial charge in [-0.1, -0.05) is 52.3 Å². The maximum atomic E-state index is 10.8. The molecule has 0 fully saturated rings. The van der Waals surface area contributed by atoms with Crippen LogP contribution in [-0.4, -0.2) is 11.1 Å². The molecular weight excluding hydrogens is 324 g/mol. The van der Waals surface area contributed by atoms with Crippen LogP contribution in [0.3, 0.4) is 0 Å². The van der Waals surface area contributed by atoms with E-state index >= 15 is 0 Å². The predicted molar refractivity (Wildman–Crippen MR) is 82.5 cm³/mol. The number of aromatic carboxylic acids is 1. The van der Waals surface area contributed by atoms with Gasteiger partial charge in [0.25, 0.3) is 0 Å². The summed E-state index contributed by atoms with van der Waals surface area (Å²) < 4.78 is 0.855. The van der Waals surface area contributed by atoms with E-state index in [0.717, 1.165) is 21.5 Å². The minimum Gasteiger partial charge on any atom is -0.478 e. The van der Waals surface area contributed by atoms with Crippen molar-refractivity contribution < 1.29 is 9.90 Å². The van der Waals surface area contributed by atoms with Gasteiger partial charge in [0.1, 0.15) is 0 Å². The molecule has 0 bridgehead atoms. The highest BCUT2D eigenvalue weighted by atomic mass is 79.9. The van der Waals surface area contributed by atoms with Crippen molar-refractivity contribution in [3.63, 3.8) is 0 Å². The molecule has 0 radical (unpaired) electrons. The summed E-state index contributed by atoms with van der Waals surface area (Å²) in [5.74, 6) is 0.910. The Balaban J connectivity index is 1.95. The minimum atomic E-state index is -0.899. The first-order valence-electron chi connectivity index (χ1n) is 5.80. The van der Waals surface area contributed by atoms with Crippen molar-refractivity contribution in [1.29, 1.82) is 0 Å². The van der Waals surface area contributed by atoms with Crippen LogP contribution >= 0.6 is 27.7 Å². The molecule has 2 aromatic rings. The van der Waals surface area contributed by atoms with E-state index in [-0.39, 0.29) is 0 Å². The second-order valence-electron chi connectivity index (χ2n) is 4.09. The summed E-state index contributed by atoms with van der Waals surface area (Å²) in [6.45, 7) is 0. The van der Waals surface area contributed by atoms with Crippen molar-refractivity contribution >= 4 is 33.7 Å². The van der Waals surface area contributed by atoms with Crippen LogP contribution in [0.1, 0.15) is 21.5 Å². The van der Waals surface area contributed by atoms with Crippen molar-refractivity contribution in [2.45, 2.75) is 11.5 Å². The van der Waals surface area contributed by atoms with Gasteiger partial charge < -0.3 is 5.11 Å². The summed E-state index contributed by atoms with van der Waals surface area (Å²) >= 11 is 5.24. The monoisotopic (exact) mass is 336 g/mol. The SMILES string of the molecule is O=C(O)c1ccc(CSCc2ccccc2)c(Br)c1. The van der Waals surface area contributed by atoms with Crippen molar-refractivity contribution in [3.8, 4) is 0 Å². The number of carboxylic acid groups (broad SMARTS) is 1. The van der Waals surface area contributed by atoms with Gasteiger partial charge in [0.05, 0.1) is 5.56 Å². The highest BCUT2D eigenvalue weighted by Crippen LogP contribution is 2.25. The highest BCUT2D eigenvalue weighted by molar-refractivity contribution is 9.10. The molecule has 0 atom stereocenters. The molecule has 0 saturated carbocycles. The third kappa shape index (κ3) is 4.11. The Bertz CT molecular complexity index is 570. The summed E-state index contributed by atoms with van der Waals surface area (Å²) in [4.78, 5) is 10.8. The topological polar surface area (TPSA) is 37.3 Å². The molecule has 0 aliphatic heterocycles. The lowest BCUT2D eigenvalue weighted by molar-refractivity contribution is 0.0697. The molecule has 1 N–H and O–H groups in total. The maximum Gasteiger partial charge on any atom is 0.335 e. The molecule has 0 unspecified atom stereocenters. The second-order valence-corrected chi connectivity index (χ2v) is 5.93. The standard InChI is InChI=1S/C15H13BrO2S/c16-14-8-12(15(17)18)6-7-13(14)10-19-9-11-4-2-1-3-5-11/h1-8H,9-10H2,(H,17,18). The molecule has 98 valence electrons. The van der Waals surface area contributed by atoms with Crippen LogP contribution in [0.25, 0.3) is 0 Å². The molecule has 0 aliphatic rings. The Morgan fingerprint density at radius 2 is 1.84 bits per heavy atom. The molecule has 0 saturated heterocycles. The van der Waals surface area contributed by atoms with Gasteiger partial charge in [-0.25, -0.2) is 4.79 Å². The molecule has 4 heteroatoms. The Morgan fingerprint density at radius 3 is 2.47 bits per heavy atom. The molecule has 0 amide bonds. The molecular formula is C15H13BrO2S. The molecule has 0 heterocycles. The summed E-state index contributed by atoms with van der Waals surface area (Å²) in [5, 5.41) is 8.90. The number of rotatable bonds is 5. The van der Waals surface area contributed by atoms with E-state index in [4.69, 9.17) is 5.11 Å². The maximum absolute atomic E-state index is 10.8. The number of carbonyl (C=O) groups is 1. The highest BCUT2D eigenvalue weighted by Gasteiger charge is 2.06. The lowest BCUT2D eigenvalue weighted by Gasteiger charge is -2.06. The van der Waals surface area contributed by atoms with Gasteiger partial charge in [0.15, 0.2) is 0 Å².